The summed E-state index contributed by atoms with van der Waals surface area (Å²) in [6.45, 7) is 3.25. The Bertz CT molecular complexity index is 1300. The van der Waals surface area contributed by atoms with Gasteiger partial charge in [0.1, 0.15) is 6.54 Å². The molecular formula is C28H30N2O3S. The number of benzene rings is 3. The molecule has 1 saturated heterocycles. The van der Waals surface area contributed by atoms with Gasteiger partial charge in [-0.1, -0.05) is 61.5 Å². The van der Waals surface area contributed by atoms with Crippen molar-refractivity contribution in [3.05, 3.63) is 83.9 Å². The van der Waals surface area contributed by atoms with Crippen LogP contribution in [0.2, 0.25) is 0 Å². The van der Waals surface area contributed by atoms with Gasteiger partial charge < -0.3 is 4.90 Å². The van der Waals surface area contributed by atoms with Crippen molar-refractivity contribution in [3.63, 3.8) is 0 Å². The van der Waals surface area contributed by atoms with Gasteiger partial charge in [0.2, 0.25) is 5.91 Å². The van der Waals surface area contributed by atoms with Crippen molar-refractivity contribution in [1.82, 2.24) is 4.90 Å². The summed E-state index contributed by atoms with van der Waals surface area (Å²) in [5, 5.41) is 0. The van der Waals surface area contributed by atoms with Gasteiger partial charge in [-0.2, -0.15) is 0 Å². The Kier molecular flexibility index (Phi) is 6.17. The minimum atomic E-state index is -3.82. The quantitative estimate of drug-likeness (QED) is 0.528. The minimum Gasteiger partial charge on any atom is -0.341 e. The van der Waals surface area contributed by atoms with Crippen LogP contribution in [0.5, 0.6) is 0 Å². The van der Waals surface area contributed by atoms with Gasteiger partial charge in [0.05, 0.1) is 10.6 Å². The maximum Gasteiger partial charge on any atom is 0.265 e. The molecule has 34 heavy (non-hydrogen) atoms. The summed E-state index contributed by atoms with van der Waals surface area (Å²) in [5.41, 5.74) is 4.63. The topological polar surface area (TPSA) is 57.7 Å². The molecule has 0 atom stereocenters. The second-order valence-corrected chi connectivity index (χ2v) is 11.1. The minimum absolute atomic E-state index is 0.133. The van der Waals surface area contributed by atoms with Crippen molar-refractivity contribution < 1.29 is 13.2 Å². The van der Waals surface area contributed by atoms with E-state index in [-0.39, 0.29) is 17.3 Å². The van der Waals surface area contributed by atoms with E-state index in [1.54, 1.807) is 12.1 Å². The molecule has 0 aliphatic carbocycles. The number of aryl methyl sites for hydroxylation is 1. The first kappa shape index (κ1) is 22.7. The fourth-order valence-electron chi connectivity index (χ4n) is 5.13. The average molecular weight is 475 g/mol. The number of anilines is 1. The second-order valence-electron chi connectivity index (χ2n) is 9.23. The second kappa shape index (κ2) is 9.26. The van der Waals surface area contributed by atoms with E-state index in [0.717, 1.165) is 36.8 Å². The van der Waals surface area contributed by atoms with Crippen LogP contribution in [0.15, 0.2) is 77.7 Å². The van der Waals surface area contributed by atoms with Crippen LogP contribution in [0.4, 0.5) is 5.69 Å². The number of likely N-dealkylation sites (tertiary alicyclic amines) is 1. The molecule has 5 nitrogen and oxygen atoms in total. The molecule has 1 amide bonds. The Balaban J connectivity index is 1.35. The average Bonchev–Trinajstić information content (AvgIpc) is 2.87. The highest BCUT2D eigenvalue weighted by atomic mass is 32.2. The lowest BCUT2D eigenvalue weighted by Crippen LogP contribution is -2.47. The van der Waals surface area contributed by atoms with Crippen LogP contribution < -0.4 is 4.31 Å². The van der Waals surface area contributed by atoms with E-state index in [2.05, 4.69) is 37.3 Å². The lowest BCUT2D eigenvalue weighted by Gasteiger charge is -2.36. The van der Waals surface area contributed by atoms with Crippen molar-refractivity contribution in [2.75, 3.05) is 23.9 Å². The Morgan fingerprint density at radius 2 is 1.59 bits per heavy atom. The van der Waals surface area contributed by atoms with Gasteiger partial charge >= 0.3 is 0 Å². The van der Waals surface area contributed by atoms with Gasteiger partial charge in [-0.25, -0.2) is 8.42 Å². The Morgan fingerprint density at radius 1 is 0.882 bits per heavy atom. The number of amides is 1. The van der Waals surface area contributed by atoms with E-state index in [1.165, 1.54) is 9.87 Å². The molecule has 176 valence electrons. The number of hydrogen-bond acceptors (Lipinski definition) is 3. The summed E-state index contributed by atoms with van der Waals surface area (Å²) in [7, 11) is -3.82. The number of carbonyl (C=O) groups excluding carboxylic acids is 1. The van der Waals surface area contributed by atoms with E-state index in [1.807, 2.05) is 35.2 Å². The molecule has 0 unspecified atom stereocenters. The third kappa shape index (κ3) is 4.23. The third-order valence-corrected chi connectivity index (χ3v) is 8.91. The highest BCUT2D eigenvalue weighted by molar-refractivity contribution is 7.93. The summed E-state index contributed by atoms with van der Waals surface area (Å²) in [6.07, 6.45) is 3.76. The van der Waals surface area contributed by atoms with Crippen LogP contribution in [-0.4, -0.2) is 38.9 Å². The number of rotatable bonds is 5. The van der Waals surface area contributed by atoms with Gasteiger partial charge in [0, 0.05) is 24.2 Å². The van der Waals surface area contributed by atoms with Gasteiger partial charge in [-0.05, 0) is 60.9 Å². The highest BCUT2D eigenvalue weighted by Gasteiger charge is 2.37. The molecule has 5 rings (SSSR count). The van der Waals surface area contributed by atoms with E-state index in [0.29, 0.717) is 30.3 Å². The van der Waals surface area contributed by atoms with E-state index in [9.17, 15) is 13.2 Å². The lowest BCUT2D eigenvalue weighted by molar-refractivity contribution is -0.130. The normalized spacial score (nSPS) is 17.2. The molecule has 2 aliphatic heterocycles. The Labute approximate surface area is 202 Å². The number of nitrogens with zero attached hydrogens (tertiary/aromatic N) is 2. The predicted molar refractivity (Wildman–Crippen MR) is 135 cm³/mol. The molecule has 0 aromatic heterocycles. The molecule has 3 aromatic carbocycles. The first-order chi connectivity index (χ1) is 16.5. The molecular weight excluding hydrogens is 444 g/mol. The first-order valence-corrected chi connectivity index (χ1v) is 13.5. The Morgan fingerprint density at radius 3 is 2.32 bits per heavy atom. The number of carbonyl (C=O) groups is 1. The molecule has 0 bridgehead atoms. The van der Waals surface area contributed by atoms with Gasteiger partial charge in [0.15, 0.2) is 0 Å². The lowest BCUT2D eigenvalue weighted by atomic mass is 9.90. The van der Waals surface area contributed by atoms with Crippen LogP contribution in [0.3, 0.4) is 0 Å². The summed E-state index contributed by atoms with van der Waals surface area (Å²) in [5.74, 6) is 0.414. The van der Waals surface area contributed by atoms with Crippen molar-refractivity contribution >= 4 is 21.6 Å². The molecule has 0 radical (unpaired) electrons. The molecule has 1 fully saturated rings. The zero-order chi connectivity index (χ0) is 23.7. The van der Waals surface area contributed by atoms with Crippen molar-refractivity contribution in [1.29, 1.82) is 0 Å². The Hall–Kier alpha value is -3.12. The van der Waals surface area contributed by atoms with Crippen LogP contribution >= 0.6 is 0 Å². The number of piperidine rings is 1. The molecule has 3 aromatic rings. The number of sulfonamides is 1. The largest absolute Gasteiger partial charge is 0.341 e. The maximum absolute atomic E-state index is 13.6. The monoisotopic (exact) mass is 474 g/mol. The third-order valence-electron chi connectivity index (χ3n) is 7.10. The molecule has 0 N–H and O–H groups in total. The van der Waals surface area contributed by atoms with Crippen molar-refractivity contribution in [2.24, 2.45) is 5.92 Å². The van der Waals surface area contributed by atoms with E-state index in [4.69, 9.17) is 0 Å². The van der Waals surface area contributed by atoms with Crippen LogP contribution in [0.25, 0.3) is 11.1 Å². The summed E-state index contributed by atoms with van der Waals surface area (Å²) in [4.78, 5) is 15.4. The first-order valence-electron chi connectivity index (χ1n) is 12.0. The standard InChI is InChI=1S/C28H30N2O3S/c1-2-21-12-13-26-25(19-21)24-10-6-7-11-27(24)34(32,33)30(26)20-28(31)29-16-14-23(15-17-29)18-22-8-4-3-5-9-22/h3-13,19,23H,2,14-18,20H2,1H3. The van der Waals surface area contributed by atoms with E-state index >= 15 is 0 Å². The predicted octanol–water partition coefficient (Wildman–Crippen LogP) is 4.91. The molecule has 2 aliphatic rings. The zero-order valence-electron chi connectivity index (χ0n) is 19.5. The maximum atomic E-state index is 13.6. The van der Waals surface area contributed by atoms with Gasteiger partial charge in [-0.3, -0.25) is 9.10 Å². The van der Waals surface area contributed by atoms with Gasteiger partial charge in [-0.15, -0.1) is 0 Å². The van der Waals surface area contributed by atoms with Crippen LogP contribution in [0.1, 0.15) is 30.9 Å². The zero-order valence-corrected chi connectivity index (χ0v) is 20.3. The molecule has 0 saturated carbocycles. The molecule has 2 heterocycles. The van der Waals surface area contributed by atoms with Crippen LogP contribution in [-0.2, 0) is 27.7 Å². The van der Waals surface area contributed by atoms with Crippen LogP contribution in [0, 0.1) is 5.92 Å². The fraction of sp³-hybridized carbons (Fsp3) is 0.321. The molecule has 6 heteroatoms. The fourth-order valence-corrected chi connectivity index (χ4v) is 6.77. The van der Waals surface area contributed by atoms with Gasteiger partial charge in [0.25, 0.3) is 10.0 Å². The number of hydrogen-bond donors (Lipinski definition) is 0. The van der Waals surface area contributed by atoms with Crippen molar-refractivity contribution in [3.8, 4) is 11.1 Å². The molecule has 0 spiro atoms. The summed E-state index contributed by atoms with van der Waals surface area (Å²) >= 11 is 0. The SMILES string of the molecule is CCc1ccc2c(c1)-c1ccccc1S(=O)(=O)N2CC(=O)N1CCC(Cc2ccccc2)CC1. The summed E-state index contributed by atoms with van der Waals surface area (Å²) < 4.78 is 28.4. The highest BCUT2D eigenvalue weighted by Crippen LogP contribution is 2.43. The summed E-state index contributed by atoms with van der Waals surface area (Å²) in [6, 6.07) is 23.4. The smallest absolute Gasteiger partial charge is 0.265 e. The van der Waals surface area contributed by atoms with Crippen molar-refractivity contribution in [2.45, 2.75) is 37.5 Å². The number of fused-ring (bicyclic) bond motifs is 3. The van der Waals surface area contributed by atoms with E-state index < -0.39 is 10.0 Å².